The largest absolute Gasteiger partial charge is 0.462 e. The number of aldehydes is 1. The van der Waals surface area contributed by atoms with Crippen LogP contribution in [-0.2, 0) is 33.3 Å². The van der Waals surface area contributed by atoms with Crippen LogP contribution in [0.15, 0.2) is 12.2 Å². The summed E-state index contributed by atoms with van der Waals surface area (Å²) in [4.78, 5) is 40.0. The lowest BCUT2D eigenvalue weighted by molar-refractivity contribution is -0.283. The number of rotatable bonds is 6. The Hall–Kier alpha value is -1.69. The fourth-order valence-corrected chi connectivity index (χ4v) is 6.50. The molecule has 2 N–H and O–H groups in total. The average Bonchev–Trinajstić information content (AvgIpc) is 3.60. The van der Waals surface area contributed by atoms with Crippen LogP contribution in [0.2, 0.25) is 0 Å². The molecule has 3 aliphatic rings. The molecule has 13 atom stereocenters. The molecule has 2 fully saturated rings. The monoisotopic (exact) mass is 581 g/mol. The summed E-state index contributed by atoms with van der Waals surface area (Å²) in [5, 5.41) is 22.4. The lowest BCUT2D eigenvalue weighted by Gasteiger charge is -2.44. The molecule has 0 unspecified atom stereocenters. The van der Waals surface area contributed by atoms with Crippen LogP contribution >= 0.6 is 0 Å². The second-order valence-corrected chi connectivity index (χ2v) is 12.9. The van der Waals surface area contributed by atoms with Gasteiger partial charge in [0.1, 0.15) is 24.1 Å². The molecule has 2 saturated heterocycles. The Kier molecular flexibility index (Phi) is 11.7. The number of hydrogen-bond acceptors (Lipinski definition) is 10. The van der Waals surface area contributed by atoms with Crippen LogP contribution < -0.4 is 0 Å². The highest BCUT2D eigenvalue weighted by Gasteiger charge is 2.55. The molecule has 234 valence electrons. The molecule has 10 heteroatoms. The molecule has 3 aliphatic heterocycles. The van der Waals surface area contributed by atoms with Crippen LogP contribution in [0.4, 0.5) is 0 Å². The van der Waals surface area contributed by atoms with Crippen molar-refractivity contribution in [3.63, 3.8) is 0 Å². The first kappa shape index (κ1) is 33.8. The highest BCUT2D eigenvalue weighted by molar-refractivity contribution is 5.91. The van der Waals surface area contributed by atoms with Gasteiger partial charge in [-0.1, -0.05) is 27.7 Å². The first-order valence-corrected chi connectivity index (χ1v) is 15.1. The fourth-order valence-electron chi connectivity index (χ4n) is 6.50. The van der Waals surface area contributed by atoms with E-state index in [1.807, 2.05) is 53.6 Å². The lowest BCUT2D eigenvalue weighted by atomic mass is 9.79. The van der Waals surface area contributed by atoms with Crippen molar-refractivity contribution in [3.05, 3.63) is 12.2 Å². The zero-order valence-electron chi connectivity index (χ0n) is 25.9. The molecule has 0 aliphatic carbocycles. The number of nitrogens with zero attached hydrogens (tertiary/aromatic N) is 1. The van der Waals surface area contributed by atoms with Crippen LogP contribution in [0.25, 0.3) is 0 Å². The predicted molar refractivity (Wildman–Crippen MR) is 152 cm³/mol. The van der Waals surface area contributed by atoms with Gasteiger partial charge >= 0.3 is 5.97 Å². The normalized spacial score (nSPS) is 45.5. The van der Waals surface area contributed by atoms with E-state index in [1.54, 1.807) is 19.1 Å². The number of carbonyl (C=O) groups excluding carboxylic acids is 3. The number of ketones is 1. The van der Waals surface area contributed by atoms with E-state index in [9.17, 15) is 24.6 Å². The third-order valence-electron chi connectivity index (χ3n) is 9.29. The quantitative estimate of drug-likeness (QED) is 0.274. The van der Waals surface area contributed by atoms with Gasteiger partial charge < -0.3 is 38.9 Å². The summed E-state index contributed by atoms with van der Waals surface area (Å²) in [6.45, 7) is 11.3. The van der Waals surface area contributed by atoms with Gasteiger partial charge in [0.2, 0.25) is 0 Å². The Labute approximate surface area is 244 Å². The standard InChI is InChI=1S/C31H51NO9/c1-9-25-20(5)29-31(6,41-29)12-10-23(34)17(2)14-21(11-13-33)28(19(4)24(35)16-26(36)39-25)40-30-27(37)22(32(7)8)15-18(3)38-30/h10,12-13,17-22,24-25,27-30,35,37H,9,11,14-16H2,1-8H3/b12-10+/t17-,18-,19+,20-,21+,22+,24-,25+,27+,28-,29-,30+,31+/m1/s1. The maximum absolute atomic E-state index is 13.2. The van der Waals surface area contributed by atoms with Gasteiger partial charge in [0.05, 0.1) is 30.8 Å². The third kappa shape index (κ3) is 8.24. The summed E-state index contributed by atoms with van der Waals surface area (Å²) < 4.78 is 24.2. The number of aliphatic hydroxyl groups excluding tert-OH is 2. The van der Waals surface area contributed by atoms with E-state index < -0.39 is 60.0 Å². The van der Waals surface area contributed by atoms with Gasteiger partial charge in [-0.25, -0.2) is 0 Å². The number of likely N-dealkylation sites (N-methyl/N-ethyl adjacent to an activating group) is 1. The van der Waals surface area contributed by atoms with Crippen molar-refractivity contribution in [1.82, 2.24) is 4.90 Å². The van der Waals surface area contributed by atoms with Gasteiger partial charge in [-0.2, -0.15) is 0 Å². The minimum atomic E-state index is -1.15. The van der Waals surface area contributed by atoms with E-state index in [2.05, 4.69) is 0 Å². The zero-order valence-corrected chi connectivity index (χ0v) is 25.9. The van der Waals surface area contributed by atoms with Crippen molar-refractivity contribution in [2.45, 2.75) is 128 Å². The Bertz CT molecular complexity index is 941. The number of allylic oxidation sites excluding steroid dienone is 1. The van der Waals surface area contributed by atoms with Gasteiger partial charge in [-0.15, -0.1) is 0 Å². The molecule has 3 rings (SSSR count). The maximum Gasteiger partial charge on any atom is 0.308 e. The van der Waals surface area contributed by atoms with E-state index in [1.165, 1.54) is 0 Å². The molecule has 41 heavy (non-hydrogen) atoms. The minimum Gasteiger partial charge on any atom is -0.462 e. The van der Waals surface area contributed by atoms with Crippen LogP contribution in [-0.4, -0.2) is 102 Å². The van der Waals surface area contributed by atoms with Crippen molar-refractivity contribution in [3.8, 4) is 0 Å². The number of cyclic esters (lactones) is 1. The van der Waals surface area contributed by atoms with Crippen LogP contribution in [0.5, 0.6) is 0 Å². The first-order chi connectivity index (χ1) is 19.2. The molecular weight excluding hydrogens is 530 g/mol. The average molecular weight is 582 g/mol. The first-order valence-electron chi connectivity index (χ1n) is 15.1. The lowest BCUT2D eigenvalue weighted by Crippen LogP contribution is -2.56. The Morgan fingerprint density at radius 3 is 2.41 bits per heavy atom. The van der Waals surface area contributed by atoms with Crippen molar-refractivity contribution in [2.75, 3.05) is 14.1 Å². The van der Waals surface area contributed by atoms with E-state index in [0.717, 1.165) is 6.29 Å². The molecule has 0 spiro atoms. The smallest absolute Gasteiger partial charge is 0.308 e. The summed E-state index contributed by atoms with van der Waals surface area (Å²) >= 11 is 0. The molecule has 0 radical (unpaired) electrons. The molecule has 0 saturated carbocycles. The molecule has 3 heterocycles. The van der Waals surface area contributed by atoms with Crippen molar-refractivity contribution in [1.29, 1.82) is 0 Å². The molecular formula is C31H51NO9. The molecule has 0 bridgehead atoms. The Morgan fingerprint density at radius 1 is 1.12 bits per heavy atom. The number of fused-ring (bicyclic) bond motifs is 1. The molecule has 0 amide bonds. The highest BCUT2D eigenvalue weighted by Crippen LogP contribution is 2.45. The summed E-state index contributed by atoms with van der Waals surface area (Å²) in [5.41, 5.74) is -0.637. The Morgan fingerprint density at radius 2 is 1.80 bits per heavy atom. The zero-order chi connectivity index (χ0) is 30.6. The van der Waals surface area contributed by atoms with Gasteiger partial charge in [0.15, 0.2) is 12.1 Å². The van der Waals surface area contributed by atoms with E-state index >= 15 is 0 Å². The third-order valence-corrected chi connectivity index (χ3v) is 9.29. The minimum absolute atomic E-state index is 0.0707. The van der Waals surface area contributed by atoms with Crippen molar-refractivity contribution < 1.29 is 43.5 Å². The number of hydrogen-bond donors (Lipinski definition) is 2. The van der Waals surface area contributed by atoms with Gasteiger partial charge in [0.25, 0.3) is 0 Å². The number of esters is 1. The second-order valence-electron chi connectivity index (χ2n) is 12.9. The maximum atomic E-state index is 13.2. The second kappa shape index (κ2) is 14.2. The van der Waals surface area contributed by atoms with Gasteiger partial charge in [0, 0.05) is 30.2 Å². The number of ether oxygens (including phenoxy) is 4. The van der Waals surface area contributed by atoms with Crippen LogP contribution in [0.3, 0.4) is 0 Å². The fraction of sp³-hybridized carbons (Fsp3) is 0.839. The SMILES string of the molecule is CC[C@@H]1OC(=O)C[C@@H](O)[C@H](C)[C@@H](O[C@@H]2O[C@H](C)C[C@H](N(C)C)[C@@H]2O)[C@@H](CC=O)C[C@@H](C)C(=O)/C=C/[C@]2(C)O[C@@H]2[C@@H]1C. The summed E-state index contributed by atoms with van der Waals surface area (Å²) in [5.74, 6) is -2.32. The van der Waals surface area contributed by atoms with E-state index in [4.69, 9.17) is 18.9 Å². The molecule has 0 aromatic carbocycles. The van der Waals surface area contributed by atoms with E-state index in [0.29, 0.717) is 19.3 Å². The van der Waals surface area contributed by atoms with Gasteiger partial charge in [-0.3, -0.25) is 9.59 Å². The van der Waals surface area contributed by atoms with Crippen LogP contribution in [0.1, 0.15) is 73.6 Å². The Balaban J connectivity index is 1.95. The molecule has 10 nitrogen and oxygen atoms in total. The summed E-state index contributed by atoms with van der Waals surface area (Å²) in [7, 11) is 3.76. The molecule has 0 aromatic heterocycles. The summed E-state index contributed by atoms with van der Waals surface area (Å²) in [6.07, 6.45) is 0.627. The topological polar surface area (TPSA) is 135 Å². The van der Waals surface area contributed by atoms with Gasteiger partial charge in [-0.05, 0) is 65.3 Å². The van der Waals surface area contributed by atoms with Crippen LogP contribution in [0, 0.1) is 23.7 Å². The predicted octanol–water partition coefficient (Wildman–Crippen LogP) is 2.67. The number of aliphatic hydroxyl groups is 2. The van der Waals surface area contributed by atoms with Crippen molar-refractivity contribution in [2.24, 2.45) is 23.7 Å². The summed E-state index contributed by atoms with van der Waals surface area (Å²) in [6, 6.07) is -0.219. The highest BCUT2D eigenvalue weighted by atomic mass is 16.7. The number of carbonyl (C=O) groups is 3. The van der Waals surface area contributed by atoms with E-state index in [-0.39, 0.29) is 42.8 Å². The molecule has 0 aromatic rings. The number of epoxide rings is 1. The van der Waals surface area contributed by atoms with Crippen molar-refractivity contribution >= 4 is 18.0 Å².